The molecule has 1 amide bonds. The van der Waals surface area contributed by atoms with Crippen LogP contribution in [0.1, 0.15) is 54.6 Å². The number of carbonyl (C=O) groups is 2. The van der Waals surface area contributed by atoms with E-state index in [1.807, 2.05) is 42.5 Å². The molecule has 5 nitrogen and oxygen atoms in total. The normalized spacial score (nSPS) is 20.6. The third-order valence-electron chi connectivity index (χ3n) is 5.24. The van der Waals surface area contributed by atoms with Gasteiger partial charge in [-0.25, -0.2) is 0 Å². The molecule has 0 aromatic heterocycles. The first-order valence-electron chi connectivity index (χ1n) is 9.48. The van der Waals surface area contributed by atoms with E-state index in [-0.39, 0.29) is 17.9 Å². The van der Waals surface area contributed by atoms with Gasteiger partial charge >= 0.3 is 5.97 Å². The van der Waals surface area contributed by atoms with Crippen molar-refractivity contribution < 1.29 is 14.7 Å². The largest absolute Gasteiger partial charge is 0.481 e. The average molecular weight is 366 g/mol. The first-order valence-corrected chi connectivity index (χ1v) is 9.48. The highest BCUT2D eigenvalue weighted by atomic mass is 16.4. The molecule has 2 aromatic rings. The van der Waals surface area contributed by atoms with Crippen molar-refractivity contribution in [3.63, 3.8) is 0 Å². The van der Waals surface area contributed by atoms with E-state index in [0.717, 1.165) is 36.9 Å². The zero-order valence-electron chi connectivity index (χ0n) is 15.5. The average Bonchev–Trinajstić information content (AvgIpc) is 2.69. The molecule has 1 atom stereocenters. The fraction of sp³-hybridized carbons (Fsp3) is 0.364. The van der Waals surface area contributed by atoms with Crippen LogP contribution in [0.3, 0.4) is 0 Å². The van der Waals surface area contributed by atoms with Gasteiger partial charge in [0.1, 0.15) is 0 Å². The predicted molar refractivity (Wildman–Crippen MR) is 106 cm³/mol. The number of amides is 1. The Morgan fingerprint density at radius 3 is 2.37 bits per heavy atom. The van der Waals surface area contributed by atoms with Crippen molar-refractivity contribution in [3.8, 4) is 0 Å². The monoisotopic (exact) mass is 366 g/mol. The summed E-state index contributed by atoms with van der Waals surface area (Å²) >= 11 is 0. The quantitative estimate of drug-likeness (QED) is 0.715. The summed E-state index contributed by atoms with van der Waals surface area (Å²) in [7, 11) is 0. The third kappa shape index (κ3) is 5.17. The smallest absolute Gasteiger partial charge is 0.306 e. The Morgan fingerprint density at radius 1 is 1.00 bits per heavy atom. The number of benzene rings is 2. The van der Waals surface area contributed by atoms with Crippen molar-refractivity contribution in [1.29, 1.82) is 0 Å². The zero-order chi connectivity index (χ0) is 19.2. The van der Waals surface area contributed by atoms with Crippen LogP contribution in [0.2, 0.25) is 0 Å². The number of nitrogens with one attached hydrogen (secondary N) is 2. The summed E-state index contributed by atoms with van der Waals surface area (Å²) in [6.07, 6.45) is 3.22. The molecule has 0 bridgehead atoms. The van der Waals surface area contributed by atoms with Gasteiger partial charge < -0.3 is 15.7 Å². The summed E-state index contributed by atoms with van der Waals surface area (Å²) in [5, 5.41) is 15.7. The van der Waals surface area contributed by atoms with Crippen LogP contribution in [0.5, 0.6) is 0 Å². The molecule has 0 spiro atoms. The van der Waals surface area contributed by atoms with E-state index in [1.54, 1.807) is 12.1 Å². The van der Waals surface area contributed by atoms with Crippen LogP contribution in [-0.2, 0) is 4.79 Å². The molecular weight excluding hydrogens is 340 g/mol. The van der Waals surface area contributed by atoms with E-state index in [2.05, 4.69) is 17.6 Å². The number of aliphatic carboxylic acids is 1. The lowest BCUT2D eigenvalue weighted by molar-refractivity contribution is -0.142. The number of anilines is 1. The van der Waals surface area contributed by atoms with E-state index in [0.29, 0.717) is 11.6 Å². The van der Waals surface area contributed by atoms with Crippen LogP contribution >= 0.6 is 0 Å². The number of hydrogen-bond acceptors (Lipinski definition) is 3. The fourth-order valence-electron chi connectivity index (χ4n) is 3.64. The van der Waals surface area contributed by atoms with Crippen molar-refractivity contribution >= 4 is 17.6 Å². The second kappa shape index (κ2) is 8.82. The molecule has 1 fully saturated rings. The van der Waals surface area contributed by atoms with E-state index in [9.17, 15) is 9.59 Å². The second-order valence-corrected chi connectivity index (χ2v) is 7.22. The van der Waals surface area contributed by atoms with Gasteiger partial charge in [0, 0.05) is 23.3 Å². The van der Waals surface area contributed by atoms with Crippen LogP contribution in [0.25, 0.3) is 0 Å². The van der Waals surface area contributed by atoms with Crippen molar-refractivity contribution in [1.82, 2.24) is 5.32 Å². The molecule has 2 aromatic carbocycles. The van der Waals surface area contributed by atoms with Gasteiger partial charge in [-0.1, -0.05) is 30.3 Å². The summed E-state index contributed by atoms with van der Waals surface area (Å²) in [5.41, 5.74) is 2.50. The third-order valence-corrected chi connectivity index (χ3v) is 5.24. The molecule has 3 N–H and O–H groups in total. The van der Waals surface area contributed by atoms with Gasteiger partial charge in [-0.05, 0) is 62.4 Å². The van der Waals surface area contributed by atoms with Crippen molar-refractivity contribution in [2.24, 2.45) is 5.92 Å². The molecule has 27 heavy (non-hydrogen) atoms. The molecule has 3 rings (SSSR count). The molecule has 142 valence electrons. The van der Waals surface area contributed by atoms with Crippen LogP contribution in [0.4, 0.5) is 5.69 Å². The molecule has 0 saturated heterocycles. The molecule has 0 heterocycles. The minimum Gasteiger partial charge on any atom is -0.481 e. The zero-order valence-corrected chi connectivity index (χ0v) is 15.5. The van der Waals surface area contributed by atoms with Gasteiger partial charge in [0.15, 0.2) is 0 Å². The van der Waals surface area contributed by atoms with Crippen LogP contribution in [0.15, 0.2) is 54.6 Å². The Balaban J connectivity index is 1.58. The number of hydrogen-bond donors (Lipinski definition) is 3. The van der Waals surface area contributed by atoms with Gasteiger partial charge in [-0.15, -0.1) is 0 Å². The highest BCUT2D eigenvalue weighted by molar-refractivity contribution is 6.04. The highest BCUT2D eigenvalue weighted by Gasteiger charge is 2.26. The Labute approximate surface area is 159 Å². The number of rotatable bonds is 6. The summed E-state index contributed by atoms with van der Waals surface area (Å²) in [6.45, 7) is 2.10. The molecule has 5 heteroatoms. The highest BCUT2D eigenvalue weighted by Crippen LogP contribution is 2.27. The molecule has 0 radical (unpaired) electrons. The van der Waals surface area contributed by atoms with E-state index < -0.39 is 5.97 Å². The van der Waals surface area contributed by atoms with E-state index in [1.165, 1.54) is 0 Å². The Kier molecular flexibility index (Phi) is 6.24. The first kappa shape index (κ1) is 19.1. The summed E-state index contributed by atoms with van der Waals surface area (Å²) < 4.78 is 0. The summed E-state index contributed by atoms with van der Waals surface area (Å²) in [5.74, 6) is -1.00. The van der Waals surface area contributed by atoms with Gasteiger partial charge in [0.05, 0.1) is 5.92 Å². The fourth-order valence-corrected chi connectivity index (χ4v) is 3.64. The summed E-state index contributed by atoms with van der Waals surface area (Å²) in [4.78, 5) is 23.4. The topological polar surface area (TPSA) is 78.4 Å². The molecule has 0 aliphatic heterocycles. The minimum absolute atomic E-state index is 0.125. The molecule has 1 unspecified atom stereocenters. The van der Waals surface area contributed by atoms with Crippen molar-refractivity contribution in [2.45, 2.75) is 44.7 Å². The second-order valence-electron chi connectivity index (χ2n) is 7.22. The van der Waals surface area contributed by atoms with Gasteiger partial charge in [0.25, 0.3) is 5.91 Å². The molecular formula is C22H26N2O3. The Morgan fingerprint density at radius 2 is 1.70 bits per heavy atom. The first-order chi connectivity index (χ1) is 13.0. The Bertz CT molecular complexity index is 783. The van der Waals surface area contributed by atoms with Gasteiger partial charge in [-0.2, -0.15) is 0 Å². The molecule has 1 aliphatic carbocycles. The maximum Gasteiger partial charge on any atom is 0.306 e. The van der Waals surface area contributed by atoms with Crippen LogP contribution in [-0.4, -0.2) is 23.0 Å². The van der Waals surface area contributed by atoms with Gasteiger partial charge in [-0.3, -0.25) is 9.59 Å². The van der Waals surface area contributed by atoms with E-state index >= 15 is 0 Å². The lowest BCUT2D eigenvalue weighted by atomic mass is 9.85. The predicted octanol–water partition coefficient (Wildman–Crippen LogP) is 4.23. The van der Waals surface area contributed by atoms with Gasteiger partial charge in [0.2, 0.25) is 0 Å². The number of carbonyl (C=O) groups excluding carboxylic acids is 1. The maximum atomic E-state index is 12.3. The number of carboxylic acid groups (broad SMARTS) is 1. The minimum atomic E-state index is -0.677. The lowest BCUT2D eigenvalue weighted by Crippen LogP contribution is -2.36. The summed E-state index contributed by atoms with van der Waals surface area (Å²) in [6, 6.07) is 17.5. The maximum absolute atomic E-state index is 12.3. The van der Waals surface area contributed by atoms with Crippen molar-refractivity contribution in [3.05, 3.63) is 65.7 Å². The lowest BCUT2D eigenvalue weighted by Gasteiger charge is -2.29. The van der Waals surface area contributed by atoms with Crippen LogP contribution in [0, 0.1) is 5.92 Å². The standard InChI is InChI=1S/C22H26N2O3/c1-15(23-19-12-10-17(11-13-19)22(26)27)18-8-5-9-20(14-18)24-21(25)16-6-3-2-4-7-16/h2-9,14-15,17,19,23H,10-13H2,1H3,(H,24,25)(H,26,27). The molecule has 1 aliphatic rings. The van der Waals surface area contributed by atoms with Crippen molar-refractivity contribution in [2.75, 3.05) is 5.32 Å². The van der Waals surface area contributed by atoms with Crippen LogP contribution < -0.4 is 10.6 Å². The Hall–Kier alpha value is -2.66. The molecule has 1 saturated carbocycles. The SMILES string of the molecule is CC(NC1CCC(C(=O)O)CC1)c1cccc(NC(=O)c2ccccc2)c1. The number of carboxylic acids is 1. The van der Waals surface area contributed by atoms with E-state index in [4.69, 9.17) is 5.11 Å².